The van der Waals surface area contributed by atoms with Crippen LogP contribution in [-0.4, -0.2) is 51.3 Å². The van der Waals surface area contributed by atoms with Crippen LogP contribution in [0.25, 0.3) is 0 Å². The van der Waals surface area contributed by atoms with Gasteiger partial charge in [-0.25, -0.2) is 4.79 Å². The molecule has 0 saturated carbocycles. The Hall–Kier alpha value is -0.300. The molecule has 0 aromatic rings. The molecule has 0 amide bonds. The zero-order valence-corrected chi connectivity index (χ0v) is 7.19. The summed E-state index contributed by atoms with van der Waals surface area (Å²) in [6.45, 7) is 0. The normalized spacial score (nSPS) is 42.5. The summed E-state index contributed by atoms with van der Waals surface area (Å²) in [5.74, 6) is -0.896. The van der Waals surface area contributed by atoms with Gasteiger partial charge in [0.05, 0.1) is 0 Å². The molecule has 6 heteroatoms. The molecule has 1 rings (SSSR count). The Labute approximate surface area is 73.3 Å². The van der Waals surface area contributed by atoms with Crippen molar-refractivity contribution in [2.75, 3.05) is 6.26 Å². The average molecular weight is 194 g/mol. The van der Waals surface area contributed by atoms with Crippen molar-refractivity contribution in [1.29, 1.82) is 0 Å². The minimum atomic E-state index is -1.64. The first-order valence-electron chi connectivity index (χ1n) is 3.35. The Kier molecular flexibility index (Phi) is 2.94. The number of aliphatic hydroxyl groups excluding tert-OH is 3. The maximum absolute atomic E-state index is 10.8. The summed E-state index contributed by atoms with van der Waals surface area (Å²) in [7, 11) is 0. The fourth-order valence-corrected chi connectivity index (χ4v) is 1.56. The molecular weight excluding hydrogens is 184 g/mol. The van der Waals surface area contributed by atoms with Crippen molar-refractivity contribution in [2.24, 2.45) is 0 Å². The first-order chi connectivity index (χ1) is 5.57. The predicted molar refractivity (Wildman–Crippen MR) is 41.4 cm³/mol. The average Bonchev–Trinajstić information content (AvgIpc) is 2.08. The van der Waals surface area contributed by atoms with E-state index in [4.69, 9.17) is 10.2 Å². The summed E-state index contributed by atoms with van der Waals surface area (Å²) in [5, 5.41) is 27.3. The van der Waals surface area contributed by atoms with Gasteiger partial charge in [-0.2, -0.15) is 0 Å². The van der Waals surface area contributed by atoms with Crippen LogP contribution in [0, 0.1) is 0 Å². The minimum Gasteiger partial charge on any atom is -0.446 e. The molecule has 1 aliphatic heterocycles. The van der Waals surface area contributed by atoms with E-state index in [0.29, 0.717) is 0 Å². The van der Waals surface area contributed by atoms with Crippen molar-refractivity contribution in [3.63, 3.8) is 0 Å². The number of thioether (sulfide) groups is 1. The molecule has 70 valence electrons. The maximum Gasteiger partial charge on any atom is 0.339 e. The van der Waals surface area contributed by atoms with E-state index in [0.717, 1.165) is 11.8 Å². The van der Waals surface area contributed by atoms with E-state index < -0.39 is 29.7 Å². The third-order valence-electron chi connectivity index (χ3n) is 1.66. The van der Waals surface area contributed by atoms with Crippen LogP contribution in [-0.2, 0) is 9.53 Å². The Morgan fingerprint density at radius 1 is 1.33 bits per heavy atom. The van der Waals surface area contributed by atoms with Crippen LogP contribution in [0.2, 0.25) is 0 Å². The molecule has 0 bridgehead atoms. The first-order valence-corrected chi connectivity index (χ1v) is 4.64. The molecule has 4 unspecified atom stereocenters. The van der Waals surface area contributed by atoms with Gasteiger partial charge in [-0.3, -0.25) is 0 Å². The number of hydrogen-bond donors (Lipinski definition) is 3. The molecule has 0 spiro atoms. The molecule has 4 atom stereocenters. The van der Waals surface area contributed by atoms with E-state index >= 15 is 0 Å². The highest BCUT2D eigenvalue weighted by Gasteiger charge is 2.43. The lowest BCUT2D eigenvalue weighted by atomic mass is 10.1. The lowest BCUT2D eigenvalue weighted by Crippen LogP contribution is -2.54. The van der Waals surface area contributed by atoms with Crippen molar-refractivity contribution >= 4 is 17.7 Å². The molecule has 12 heavy (non-hydrogen) atoms. The van der Waals surface area contributed by atoms with Crippen LogP contribution in [0.15, 0.2) is 0 Å². The summed E-state index contributed by atoms with van der Waals surface area (Å²) >= 11 is 1.10. The quantitative estimate of drug-likeness (QED) is 0.432. The van der Waals surface area contributed by atoms with E-state index in [-0.39, 0.29) is 0 Å². The van der Waals surface area contributed by atoms with Gasteiger partial charge in [-0.1, -0.05) is 0 Å². The zero-order valence-electron chi connectivity index (χ0n) is 6.38. The fourth-order valence-electron chi connectivity index (χ4n) is 0.929. The molecular formula is C6H10O5S. The molecule has 0 aromatic carbocycles. The van der Waals surface area contributed by atoms with Gasteiger partial charge in [0.2, 0.25) is 0 Å². The summed E-state index contributed by atoms with van der Waals surface area (Å²) < 4.78 is 4.59. The van der Waals surface area contributed by atoms with Crippen LogP contribution in [0.3, 0.4) is 0 Å². The van der Waals surface area contributed by atoms with Crippen molar-refractivity contribution in [3.8, 4) is 0 Å². The van der Waals surface area contributed by atoms with Gasteiger partial charge in [0, 0.05) is 0 Å². The van der Waals surface area contributed by atoms with Crippen LogP contribution >= 0.6 is 11.8 Å². The van der Waals surface area contributed by atoms with Crippen molar-refractivity contribution in [1.82, 2.24) is 0 Å². The minimum absolute atomic E-state index is 0.795. The Bertz CT molecular complexity index is 183. The van der Waals surface area contributed by atoms with E-state index in [1.807, 2.05) is 0 Å². The maximum atomic E-state index is 10.8. The number of rotatable bonds is 1. The SMILES string of the molecule is CSC1OC(=O)C(O)C(O)C1O. The second-order valence-corrected chi connectivity index (χ2v) is 3.40. The second kappa shape index (κ2) is 3.61. The molecule has 1 aliphatic rings. The Morgan fingerprint density at radius 2 is 1.92 bits per heavy atom. The van der Waals surface area contributed by atoms with Crippen molar-refractivity contribution < 1.29 is 24.9 Å². The highest BCUT2D eigenvalue weighted by molar-refractivity contribution is 7.99. The smallest absolute Gasteiger partial charge is 0.339 e. The lowest BCUT2D eigenvalue weighted by molar-refractivity contribution is -0.190. The number of ether oxygens (including phenoxy) is 1. The first kappa shape index (κ1) is 9.79. The van der Waals surface area contributed by atoms with Crippen LogP contribution in [0.1, 0.15) is 0 Å². The van der Waals surface area contributed by atoms with Gasteiger partial charge >= 0.3 is 5.97 Å². The molecule has 1 fully saturated rings. The fraction of sp³-hybridized carbons (Fsp3) is 0.833. The summed E-state index contributed by atoms with van der Waals surface area (Å²) in [5.41, 5.74) is -0.795. The number of hydrogen-bond acceptors (Lipinski definition) is 6. The van der Waals surface area contributed by atoms with Crippen molar-refractivity contribution in [3.05, 3.63) is 0 Å². The van der Waals surface area contributed by atoms with Gasteiger partial charge in [0.1, 0.15) is 12.2 Å². The van der Waals surface area contributed by atoms with E-state index in [2.05, 4.69) is 4.74 Å². The third-order valence-corrected chi connectivity index (χ3v) is 2.50. The second-order valence-electron chi connectivity index (χ2n) is 2.47. The summed E-state index contributed by atoms with van der Waals surface area (Å²) in [6, 6.07) is 0. The van der Waals surface area contributed by atoms with Crippen molar-refractivity contribution in [2.45, 2.75) is 23.7 Å². The topological polar surface area (TPSA) is 87.0 Å². The lowest BCUT2D eigenvalue weighted by Gasteiger charge is -2.32. The highest BCUT2D eigenvalue weighted by atomic mass is 32.2. The van der Waals surface area contributed by atoms with Gasteiger partial charge in [-0.05, 0) is 6.26 Å². The highest BCUT2D eigenvalue weighted by Crippen LogP contribution is 2.23. The van der Waals surface area contributed by atoms with Gasteiger partial charge in [0.25, 0.3) is 0 Å². The van der Waals surface area contributed by atoms with E-state index in [1.165, 1.54) is 0 Å². The Balaban J connectivity index is 2.70. The molecule has 5 nitrogen and oxygen atoms in total. The number of carbonyl (C=O) groups excluding carboxylic acids is 1. The number of carbonyl (C=O) groups is 1. The number of aliphatic hydroxyl groups is 3. The molecule has 0 aliphatic carbocycles. The number of cyclic esters (lactones) is 1. The van der Waals surface area contributed by atoms with Gasteiger partial charge in [-0.15, -0.1) is 11.8 Å². The van der Waals surface area contributed by atoms with Crippen LogP contribution in [0.4, 0.5) is 0 Å². The molecule has 3 N–H and O–H groups in total. The molecule has 1 heterocycles. The summed E-state index contributed by atoms with van der Waals surface area (Å²) in [4.78, 5) is 10.8. The third kappa shape index (κ3) is 1.56. The largest absolute Gasteiger partial charge is 0.446 e. The molecule has 0 radical (unpaired) electrons. The van der Waals surface area contributed by atoms with Crippen LogP contribution in [0.5, 0.6) is 0 Å². The zero-order chi connectivity index (χ0) is 9.30. The Morgan fingerprint density at radius 3 is 2.42 bits per heavy atom. The monoisotopic (exact) mass is 194 g/mol. The van der Waals surface area contributed by atoms with Crippen LogP contribution < -0.4 is 0 Å². The predicted octanol–water partition coefficient (Wildman–Crippen LogP) is -1.69. The number of esters is 1. The van der Waals surface area contributed by atoms with E-state index in [9.17, 15) is 9.90 Å². The van der Waals surface area contributed by atoms with E-state index in [1.54, 1.807) is 6.26 Å². The molecule has 0 aromatic heterocycles. The van der Waals surface area contributed by atoms with Gasteiger partial charge < -0.3 is 20.1 Å². The summed E-state index contributed by atoms with van der Waals surface area (Å²) in [6.07, 6.45) is -2.69. The molecule has 1 saturated heterocycles. The standard InChI is InChI=1S/C6H10O5S/c1-12-6-4(9)2(7)3(8)5(10)11-6/h2-4,6-9H,1H3. The van der Waals surface area contributed by atoms with Gasteiger partial charge in [0.15, 0.2) is 11.5 Å².